The van der Waals surface area contributed by atoms with Crippen molar-refractivity contribution in [1.29, 1.82) is 0 Å². The van der Waals surface area contributed by atoms with Crippen LogP contribution in [0.1, 0.15) is 5.56 Å². The van der Waals surface area contributed by atoms with Crippen molar-refractivity contribution < 1.29 is 4.74 Å². The van der Waals surface area contributed by atoms with E-state index in [1.54, 1.807) is 18.4 Å². The molecule has 15 heavy (non-hydrogen) atoms. The molecule has 0 atom stereocenters. The number of thiophene rings is 1. The average molecular weight is 216 g/mol. The minimum Gasteiger partial charge on any atom is -0.496 e. The van der Waals surface area contributed by atoms with Gasteiger partial charge in [0, 0.05) is 5.56 Å². The second-order valence-electron chi connectivity index (χ2n) is 3.18. The number of benzene rings is 1. The molecule has 76 valence electrons. The Morgan fingerprint density at radius 3 is 2.80 bits per heavy atom. The molecule has 0 saturated heterocycles. The van der Waals surface area contributed by atoms with Crippen molar-refractivity contribution in [3.8, 4) is 16.9 Å². The van der Waals surface area contributed by atoms with Crippen LogP contribution in [-0.4, -0.2) is 7.11 Å². The van der Waals surface area contributed by atoms with Gasteiger partial charge in [0.2, 0.25) is 0 Å². The molecule has 0 fully saturated rings. The molecule has 0 bridgehead atoms. The fourth-order valence-electron chi connectivity index (χ4n) is 1.50. The van der Waals surface area contributed by atoms with E-state index in [0.29, 0.717) is 0 Å². The van der Waals surface area contributed by atoms with Gasteiger partial charge in [0.25, 0.3) is 0 Å². The highest BCUT2D eigenvalue weighted by Crippen LogP contribution is 2.32. The summed E-state index contributed by atoms with van der Waals surface area (Å²) >= 11 is 1.69. The monoisotopic (exact) mass is 216 g/mol. The van der Waals surface area contributed by atoms with Gasteiger partial charge in [-0.2, -0.15) is 11.3 Å². The Morgan fingerprint density at radius 2 is 2.20 bits per heavy atom. The molecule has 2 rings (SSSR count). The Hall–Kier alpha value is -1.54. The summed E-state index contributed by atoms with van der Waals surface area (Å²) in [6.45, 7) is 3.77. The number of methoxy groups -OCH3 is 1. The zero-order valence-electron chi connectivity index (χ0n) is 8.57. The summed E-state index contributed by atoms with van der Waals surface area (Å²) in [5.74, 6) is 0.902. The standard InChI is InChI=1S/C13H12OS/c1-3-10-4-5-13(14-2)12(8-10)11-6-7-15-9-11/h3-9H,1H2,2H3. The SMILES string of the molecule is C=Cc1ccc(OC)c(-c2ccsc2)c1. The summed E-state index contributed by atoms with van der Waals surface area (Å²) < 4.78 is 5.34. The molecule has 0 aliphatic carbocycles. The minimum atomic E-state index is 0.902. The van der Waals surface area contributed by atoms with E-state index in [0.717, 1.165) is 16.9 Å². The highest BCUT2D eigenvalue weighted by Gasteiger charge is 2.06. The Balaban J connectivity index is 2.56. The lowest BCUT2D eigenvalue weighted by Crippen LogP contribution is -1.87. The van der Waals surface area contributed by atoms with Gasteiger partial charge in [-0.15, -0.1) is 0 Å². The second-order valence-corrected chi connectivity index (χ2v) is 3.96. The van der Waals surface area contributed by atoms with E-state index in [1.807, 2.05) is 18.2 Å². The van der Waals surface area contributed by atoms with Crippen molar-refractivity contribution in [1.82, 2.24) is 0 Å². The van der Waals surface area contributed by atoms with Crippen molar-refractivity contribution in [2.45, 2.75) is 0 Å². The first kappa shape index (κ1) is 9.99. The van der Waals surface area contributed by atoms with E-state index in [-0.39, 0.29) is 0 Å². The Labute approximate surface area is 93.6 Å². The van der Waals surface area contributed by atoms with Gasteiger partial charge in [-0.1, -0.05) is 18.7 Å². The Morgan fingerprint density at radius 1 is 1.33 bits per heavy atom. The molecule has 0 N–H and O–H groups in total. The Kier molecular flexibility index (Phi) is 2.88. The van der Waals surface area contributed by atoms with E-state index in [2.05, 4.69) is 29.5 Å². The molecule has 2 heteroatoms. The van der Waals surface area contributed by atoms with Gasteiger partial charge in [-0.3, -0.25) is 0 Å². The largest absolute Gasteiger partial charge is 0.496 e. The predicted molar refractivity (Wildman–Crippen MR) is 66.4 cm³/mol. The summed E-state index contributed by atoms with van der Waals surface area (Å²) in [7, 11) is 1.69. The molecule has 2 aromatic rings. The molecule has 0 aliphatic heterocycles. The molecular formula is C13H12OS. The lowest BCUT2D eigenvalue weighted by atomic mass is 10.0. The zero-order valence-corrected chi connectivity index (χ0v) is 9.38. The third kappa shape index (κ3) is 1.95. The van der Waals surface area contributed by atoms with Crippen molar-refractivity contribution >= 4 is 17.4 Å². The summed E-state index contributed by atoms with van der Waals surface area (Å²) in [6, 6.07) is 8.16. The summed E-state index contributed by atoms with van der Waals surface area (Å²) in [6.07, 6.45) is 1.84. The maximum atomic E-state index is 5.34. The van der Waals surface area contributed by atoms with Crippen molar-refractivity contribution in [2.75, 3.05) is 7.11 Å². The van der Waals surface area contributed by atoms with Gasteiger partial charge in [-0.05, 0) is 40.1 Å². The van der Waals surface area contributed by atoms with Gasteiger partial charge >= 0.3 is 0 Å². The van der Waals surface area contributed by atoms with E-state index in [9.17, 15) is 0 Å². The van der Waals surface area contributed by atoms with Crippen LogP contribution in [-0.2, 0) is 0 Å². The topological polar surface area (TPSA) is 9.23 Å². The second kappa shape index (κ2) is 4.32. The normalized spacial score (nSPS) is 9.93. The van der Waals surface area contributed by atoms with Crippen molar-refractivity contribution in [2.24, 2.45) is 0 Å². The van der Waals surface area contributed by atoms with E-state index < -0.39 is 0 Å². The molecule has 0 unspecified atom stereocenters. The third-order valence-corrected chi connectivity index (χ3v) is 2.97. The summed E-state index contributed by atoms with van der Waals surface area (Å²) in [5.41, 5.74) is 3.42. The minimum absolute atomic E-state index is 0.902. The van der Waals surface area contributed by atoms with Crippen molar-refractivity contribution in [3.05, 3.63) is 47.2 Å². The van der Waals surface area contributed by atoms with E-state index in [1.165, 1.54) is 5.56 Å². The van der Waals surface area contributed by atoms with E-state index in [4.69, 9.17) is 4.74 Å². The third-order valence-electron chi connectivity index (χ3n) is 2.29. The van der Waals surface area contributed by atoms with Crippen LogP contribution in [0.2, 0.25) is 0 Å². The first-order chi connectivity index (χ1) is 7.35. The molecule has 1 aromatic carbocycles. The van der Waals surface area contributed by atoms with Crippen LogP contribution in [0, 0.1) is 0 Å². The van der Waals surface area contributed by atoms with E-state index >= 15 is 0 Å². The summed E-state index contributed by atoms with van der Waals surface area (Å²) in [4.78, 5) is 0. The number of rotatable bonds is 3. The van der Waals surface area contributed by atoms with Gasteiger partial charge in [0.1, 0.15) is 5.75 Å². The van der Waals surface area contributed by atoms with Gasteiger partial charge in [0.15, 0.2) is 0 Å². The molecule has 0 radical (unpaired) electrons. The zero-order chi connectivity index (χ0) is 10.7. The van der Waals surface area contributed by atoms with Gasteiger partial charge < -0.3 is 4.74 Å². The summed E-state index contributed by atoms with van der Waals surface area (Å²) in [5, 5.41) is 4.18. The van der Waals surface area contributed by atoms with Crippen molar-refractivity contribution in [3.63, 3.8) is 0 Å². The highest BCUT2D eigenvalue weighted by atomic mass is 32.1. The maximum absolute atomic E-state index is 5.34. The lowest BCUT2D eigenvalue weighted by molar-refractivity contribution is 0.416. The first-order valence-corrected chi connectivity index (χ1v) is 5.62. The molecule has 0 aliphatic rings. The van der Waals surface area contributed by atoms with Crippen LogP contribution in [0.3, 0.4) is 0 Å². The lowest BCUT2D eigenvalue weighted by Gasteiger charge is -2.07. The number of ether oxygens (including phenoxy) is 1. The first-order valence-electron chi connectivity index (χ1n) is 4.68. The fourth-order valence-corrected chi connectivity index (χ4v) is 2.15. The van der Waals surface area contributed by atoms with Crippen LogP contribution in [0.25, 0.3) is 17.2 Å². The molecule has 0 spiro atoms. The quantitative estimate of drug-likeness (QED) is 0.751. The maximum Gasteiger partial charge on any atom is 0.126 e. The molecule has 0 amide bonds. The van der Waals surface area contributed by atoms with Crippen LogP contribution in [0.5, 0.6) is 5.75 Å². The predicted octanol–water partition coefficient (Wildman–Crippen LogP) is 4.07. The highest BCUT2D eigenvalue weighted by molar-refractivity contribution is 7.08. The Bertz CT molecular complexity index is 457. The van der Waals surface area contributed by atoms with Crippen LogP contribution < -0.4 is 4.74 Å². The van der Waals surface area contributed by atoms with Crippen LogP contribution >= 0.6 is 11.3 Å². The van der Waals surface area contributed by atoms with Gasteiger partial charge in [-0.25, -0.2) is 0 Å². The number of hydrogen-bond acceptors (Lipinski definition) is 2. The van der Waals surface area contributed by atoms with Crippen LogP contribution in [0.15, 0.2) is 41.6 Å². The fraction of sp³-hybridized carbons (Fsp3) is 0.0769. The molecule has 1 heterocycles. The smallest absolute Gasteiger partial charge is 0.126 e. The van der Waals surface area contributed by atoms with Gasteiger partial charge in [0.05, 0.1) is 7.11 Å². The molecule has 1 aromatic heterocycles. The van der Waals surface area contributed by atoms with Crippen LogP contribution in [0.4, 0.5) is 0 Å². The molecule has 1 nitrogen and oxygen atoms in total. The number of hydrogen-bond donors (Lipinski definition) is 0. The molecular weight excluding hydrogens is 204 g/mol. The average Bonchev–Trinajstić information content (AvgIpc) is 2.81. The molecule has 0 saturated carbocycles.